The average molecular weight is 437 g/mol. The molecule has 1 saturated heterocycles. The summed E-state index contributed by atoms with van der Waals surface area (Å²) in [6, 6.07) is 12.4. The summed E-state index contributed by atoms with van der Waals surface area (Å²) >= 11 is 1.67. The van der Waals surface area contributed by atoms with Crippen molar-refractivity contribution in [3.05, 3.63) is 60.7 Å². The first-order valence-corrected chi connectivity index (χ1v) is 11.3. The molecule has 8 heteroatoms. The Labute approximate surface area is 185 Å². The van der Waals surface area contributed by atoms with Gasteiger partial charge in [-0.1, -0.05) is 24.3 Å². The molecule has 4 rings (SSSR count). The van der Waals surface area contributed by atoms with Gasteiger partial charge in [0, 0.05) is 18.0 Å². The molecule has 160 valence electrons. The van der Waals surface area contributed by atoms with Crippen LogP contribution in [0.2, 0.25) is 0 Å². The van der Waals surface area contributed by atoms with Gasteiger partial charge in [-0.3, -0.25) is 9.59 Å². The standard InChI is InChI=1S/C23H24N4O3S/c1-3-10-24-23(30)25-16-12-20-21(28)26-19-9-6-15(11-18(19)22(29)27(20)13-16)14-4-7-17(31-2)8-5-14/h3-9,11,16,20H,1,10,12-13H2,2H3,(H,26,28)(H2,24,25,30)/t16-,20-/m0/s1. The van der Waals surface area contributed by atoms with Crippen LogP contribution in [0, 0.1) is 0 Å². The van der Waals surface area contributed by atoms with Crippen molar-refractivity contribution in [2.75, 3.05) is 24.7 Å². The number of amides is 4. The van der Waals surface area contributed by atoms with Gasteiger partial charge in [-0.05, 0) is 48.1 Å². The van der Waals surface area contributed by atoms with Crippen molar-refractivity contribution in [3.8, 4) is 11.1 Å². The predicted molar refractivity (Wildman–Crippen MR) is 122 cm³/mol. The highest BCUT2D eigenvalue weighted by molar-refractivity contribution is 7.98. The van der Waals surface area contributed by atoms with Crippen LogP contribution in [-0.2, 0) is 4.79 Å². The molecule has 31 heavy (non-hydrogen) atoms. The molecule has 2 atom stereocenters. The van der Waals surface area contributed by atoms with Gasteiger partial charge in [0.15, 0.2) is 0 Å². The lowest BCUT2D eigenvalue weighted by molar-refractivity contribution is -0.119. The smallest absolute Gasteiger partial charge is 0.315 e. The number of nitrogens with one attached hydrogen (secondary N) is 3. The molecule has 2 heterocycles. The van der Waals surface area contributed by atoms with Crippen LogP contribution < -0.4 is 16.0 Å². The van der Waals surface area contributed by atoms with Gasteiger partial charge in [-0.15, -0.1) is 18.3 Å². The predicted octanol–water partition coefficient (Wildman–Crippen LogP) is 3.10. The summed E-state index contributed by atoms with van der Waals surface area (Å²) < 4.78 is 0. The summed E-state index contributed by atoms with van der Waals surface area (Å²) in [6.07, 6.45) is 3.98. The van der Waals surface area contributed by atoms with E-state index in [1.807, 2.05) is 42.7 Å². The van der Waals surface area contributed by atoms with Crippen LogP contribution >= 0.6 is 11.8 Å². The van der Waals surface area contributed by atoms with Gasteiger partial charge in [-0.25, -0.2) is 4.79 Å². The lowest BCUT2D eigenvalue weighted by Gasteiger charge is -2.20. The summed E-state index contributed by atoms with van der Waals surface area (Å²) in [5.74, 6) is -0.447. The number of thioether (sulfide) groups is 1. The first kappa shape index (κ1) is 21.0. The quantitative estimate of drug-likeness (QED) is 0.496. The molecule has 1 fully saturated rings. The fourth-order valence-corrected chi connectivity index (χ4v) is 4.39. The van der Waals surface area contributed by atoms with Gasteiger partial charge < -0.3 is 20.9 Å². The van der Waals surface area contributed by atoms with Crippen LogP contribution in [0.15, 0.2) is 60.0 Å². The second-order valence-corrected chi connectivity index (χ2v) is 8.41. The second-order valence-electron chi connectivity index (χ2n) is 7.53. The largest absolute Gasteiger partial charge is 0.335 e. The molecule has 2 aliphatic rings. The summed E-state index contributed by atoms with van der Waals surface area (Å²) in [6.45, 7) is 4.19. The van der Waals surface area contributed by atoms with Crippen LogP contribution in [0.5, 0.6) is 0 Å². The van der Waals surface area contributed by atoms with Crippen LogP contribution in [-0.4, -0.2) is 54.2 Å². The molecule has 0 aromatic heterocycles. The second kappa shape index (κ2) is 8.85. The Morgan fingerprint density at radius 3 is 2.68 bits per heavy atom. The van der Waals surface area contributed by atoms with E-state index in [1.165, 1.54) is 0 Å². The van der Waals surface area contributed by atoms with Crippen LogP contribution in [0.3, 0.4) is 0 Å². The molecule has 0 saturated carbocycles. The molecular weight excluding hydrogens is 412 g/mol. The van der Waals surface area contributed by atoms with Crippen molar-refractivity contribution in [2.24, 2.45) is 0 Å². The lowest BCUT2D eigenvalue weighted by Crippen LogP contribution is -2.44. The van der Waals surface area contributed by atoms with E-state index >= 15 is 0 Å². The third kappa shape index (κ3) is 4.29. The maximum absolute atomic E-state index is 13.3. The van der Waals surface area contributed by atoms with E-state index in [4.69, 9.17) is 0 Å². The fourth-order valence-electron chi connectivity index (χ4n) is 3.98. The topological polar surface area (TPSA) is 90.5 Å². The van der Waals surface area contributed by atoms with Gasteiger partial charge in [-0.2, -0.15) is 0 Å². The highest BCUT2D eigenvalue weighted by Crippen LogP contribution is 2.32. The monoisotopic (exact) mass is 436 g/mol. The minimum absolute atomic E-state index is 0.211. The van der Waals surface area contributed by atoms with E-state index < -0.39 is 6.04 Å². The van der Waals surface area contributed by atoms with Crippen molar-refractivity contribution >= 4 is 35.3 Å². The van der Waals surface area contributed by atoms with Crippen LogP contribution in [0.1, 0.15) is 16.8 Å². The van der Waals surface area contributed by atoms with Gasteiger partial charge in [0.05, 0.1) is 17.3 Å². The number of anilines is 1. The summed E-state index contributed by atoms with van der Waals surface area (Å²) in [7, 11) is 0. The number of hydrogen-bond donors (Lipinski definition) is 3. The number of benzene rings is 2. The van der Waals surface area contributed by atoms with Crippen LogP contribution in [0.25, 0.3) is 11.1 Å². The van der Waals surface area contributed by atoms with Gasteiger partial charge in [0.1, 0.15) is 6.04 Å². The number of nitrogens with zero attached hydrogens (tertiary/aromatic N) is 1. The van der Waals surface area contributed by atoms with Crippen molar-refractivity contribution in [1.29, 1.82) is 0 Å². The third-order valence-electron chi connectivity index (χ3n) is 5.54. The van der Waals surface area contributed by atoms with E-state index in [-0.39, 0.29) is 30.4 Å². The fraction of sp³-hybridized carbons (Fsp3) is 0.261. The molecule has 2 aromatic rings. The Bertz CT molecular complexity index is 1040. The Morgan fingerprint density at radius 1 is 1.23 bits per heavy atom. The van der Waals surface area contributed by atoms with Crippen molar-refractivity contribution in [1.82, 2.24) is 15.5 Å². The molecular formula is C23H24N4O3S. The highest BCUT2D eigenvalue weighted by atomic mass is 32.2. The molecule has 0 unspecified atom stereocenters. The van der Waals surface area contributed by atoms with Crippen molar-refractivity contribution in [2.45, 2.75) is 23.4 Å². The minimum Gasteiger partial charge on any atom is -0.335 e. The Morgan fingerprint density at radius 2 is 1.97 bits per heavy atom. The third-order valence-corrected chi connectivity index (χ3v) is 6.28. The van der Waals surface area contributed by atoms with E-state index in [1.54, 1.807) is 28.8 Å². The molecule has 0 spiro atoms. The number of hydrogen-bond acceptors (Lipinski definition) is 4. The Hall–Kier alpha value is -3.26. The van der Waals surface area contributed by atoms with Gasteiger partial charge >= 0.3 is 6.03 Å². The Balaban J connectivity index is 1.57. The van der Waals surface area contributed by atoms with E-state index in [0.29, 0.717) is 24.2 Å². The maximum Gasteiger partial charge on any atom is 0.315 e. The summed E-state index contributed by atoms with van der Waals surface area (Å²) in [5, 5.41) is 8.36. The van der Waals surface area contributed by atoms with E-state index in [9.17, 15) is 14.4 Å². The number of carbonyl (C=O) groups is 3. The lowest BCUT2D eigenvalue weighted by atomic mass is 10.0. The summed E-state index contributed by atoms with van der Waals surface area (Å²) in [4.78, 5) is 40.8. The molecule has 0 radical (unpaired) electrons. The normalized spacial score (nSPS) is 19.7. The molecule has 4 amide bonds. The van der Waals surface area contributed by atoms with Gasteiger partial charge in [0.2, 0.25) is 5.91 Å². The molecule has 0 aliphatic carbocycles. The highest BCUT2D eigenvalue weighted by Gasteiger charge is 2.43. The molecule has 3 N–H and O–H groups in total. The number of fused-ring (bicyclic) bond motifs is 2. The number of urea groups is 1. The first-order chi connectivity index (χ1) is 15.0. The van der Waals surface area contributed by atoms with E-state index in [2.05, 4.69) is 22.5 Å². The number of carbonyl (C=O) groups excluding carboxylic acids is 3. The SMILES string of the molecule is C=CCNC(=O)N[C@H]1C[C@H]2C(=O)Nc3ccc(-c4ccc(SC)cc4)cc3C(=O)N2C1. The zero-order chi connectivity index (χ0) is 22.0. The first-order valence-electron chi connectivity index (χ1n) is 10.1. The van der Waals surface area contributed by atoms with E-state index in [0.717, 1.165) is 16.0 Å². The average Bonchev–Trinajstić information content (AvgIpc) is 3.17. The van der Waals surface area contributed by atoms with Crippen molar-refractivity contribution in [3.63, 3.8) is 0 Å². The number of rotatable bonds is 5. The Kier molecular flexibility index (Phi) is 5.99. The molecule has 2 aromatic carbocycles. The van der Waals surface area contributed by atoms with Gasteiger partial charge in [0.25, 0.3) is 5.91 Å². The summed E-state index contributed by atoms with van der Waals surface area (Å²) in [5.41, 5.74) is 2.88. The van der Waals surface area contributed by atoms with Crippen LogP contribution in [0.4, 0.5) is 10.5 Å². The zero-order valence-corrected chi connectivity index (χ0v) is 18.0. The minimum atomic E-state index is -0.617. The molecule has 2 aliphatic heterocycles. The molecule has 0 bridgehead atoms. The zero-order valence-electron chi connectivity index (χ0n) is 17.2. The molecule has 7 nitrogen and oxygen atoms in total. The van der Waals surface area contributed by atoms with Crippen molar-refractivity contribution < 1.29 is 14.4 Å². The maximum atomic E-state index is 13.3.